The van der Waals surface area contributed by atoms with Crippen LogP contribution in [0.25, 0.3) is 11.1 Å². The molecule has 0 aliphatic carbocycles. The number of benzene rings is 3. The molecule has 0 atom stereocenters. The molecule has 0 saturated heterocycles. The predicted octanol–water partition coefficient (Wildman–Crippen LogP) is 5.49. The summed E-state index contributed by atoms with van der Waals surface area (Å²) in [4.78, 5) is 23.1. The van der Waals surface area contributed by atoms with E-state index >= 15 is 0 Å². The van der Waals surface area contributed by atoms with E-state index in [-0.39, 0.29) is 5.56 Å². The maximum atomic E-state index is 12.3. The number of hydrogen-bond acceptors (Lipinski definition) is 3. The van der Waals surface area contributed by atoms with Gasteiger partial charge in [-0.25, -0.2) is 14.7 Å². The lowest BCUT2D eigenvalue weighted by Gasteiger charge is -2.07. The number of hydrogen-bond donors (Lipinski definition) is 0. The Bertz CT molecular complexity index is 939. The molecule has 0 amide bonds. The van der Waals surface area contributed by atoms with E-state index in [4.69, 9.17) is 4.74 Å². The maximum Gasteiger partial charge on any atom is 0.386 e. The molecule has 0 aliphatic heterocycles. The van der Waals surface area contributed by atoms with E-state index in [0.29, 0.717) is 11.3 Å². The van der Waals surface area contributed by atoms with Gasteiger partial charge in [0.1, 0.15) is 5.75 Å². The standard InChI is InChI=1S/C24H21O4/c1-2-3-4-17-5-7-21(8-6-17)24(27)28-22-15-13-19(14-16-22)18-9-11-20(12-10-18)23(25)26/h5-16H,2-4H2,1H3. The molecule has 4 nitrogen and oxygen atoms in total. The highest BCUT2D eigenvalue weighted by atomic mass is 16.5. The Morgan fingerprint density at radius 2 is 1.29 bits per heavy atom. The number of esters is 1. The third-order valence-corrected chi connectivity index (χ3v) is 4.53. The molecule has 0 spiro atoms. The third kappa shape index (κ3) is 4.86. The van der Waals surface area contributed by atoms with Gasteiger partial charge in [0, 0.05) is 0 Å². The van der Waals surface area contributed by atoms with Crippen molar-refractivity contribution < 1.29 is 19.4 Å². The van der Waals surface area contributed by atoms with Gasteiger partial charge in [0.2, 0.25) is 0 Å². The molecule has 0 N–H and O–H groups in total. The van der Waals surface area contributed by atoms with Crippen LogP contribution < -0.4 is 4.74 Å². The Hall–Kier alpha value is -3.40. The van der Waals surface area contributed by atoms with Crippen LogP contribution in [-0.4, -0.2) is 11.9 Å². The van der Waals surface area contributed by atoms with Crippen LogP contribution in [0.4, 0.5) is 0 Å². The zero-order chi connectivity index (χ0) is 19.9. The lowest BCUT2D eigenvalue weighted by atomic mass is 10.0. The van der Waals surface area contributed by atoms with Crippen LogP contribution in [0.2, 0.25) is 0 Å². The second-order valence-electron chi connectivity index (χ2n) is 6.58. The van der Waals surface area contributed by atoms with Crippen molar-refractivity contribution in [1.82, 2.24) is 0 Å². The molecule has 0 aliphatic rings. The quantitative estimate of drug-likeness (QED) is 0.406. The van der Waals surface area contributed by atoms with Crippen LogP contribution in [0.15, 0.2) is 72.8 Å². The van der Waals surface area contributed by atoms with Gasteiger partial charge < -0.3 is 4.74 Å². The van der Waals surface area contributed by atoms with E-state index in [1.165, 1.54) is 17.7 Å². The van der Waals surface area contributed by atoms with Crippen LogP contribution in [0.5, 0.6) is 5.75 Å². The summed E-state index contributed by atoms with van der Waals surface area (Å²) in [7, 11) is 0. The van der Waals surface area contributed by atoms with Gasteiger partial charge in [-0.05, 0) is 65.9 Å². The minimum Gasteiger partial charge on any atom is -0.423 e. The molecule has 0 heterocycles. The van der Waals surface area contributed by atoms with Crippen molar-refractivity contribution in [1.29, 1.82) is 0 Å². The van der Waals surface area contributed by atoms with E-state index in [1.54, 1.807) is 36.4 Å². The number of carbonyl (C=O) groups excluding carboxylic acids is 2. The van der Waals surface area contributed by atoms with Crippen molar-refractivity contribution in [2.24, 2.45) is 0 Å². The fourth-order valence-corrected chi connectivity index (χ4v) is 2.87. The molecule has 0 fully saturated rings. The average molecular weight is 373 g/mol. The van der Waals surface area contributed by atoms with Crippen LogP contribution in [0.3, 0.4) is 0 Å². The number of ether oxygens (including phenoxy) is 1. The Balaban J connectivity index is 1.65. The number of carbonyl (C=O) groups is 2. The predicted molar refractivity (Wildman–Crippen MR) is 107 cm³/mol. The second-order valence-corrected chi connectivity index (χ2v) is 6.58. The van der Waals surface area contributed by atoms with Gasteiger partial charge in [0.05, 0.1) is 11.1 Å². The summed E-state index contributed by atoms with van der Waals surface area (Å²) in [5, 5.41) is 10.8. The van der Waals surface area contributed by atoms with Gasteiger partial charge in [-0.3, -0.25) is 0 Å². The van der Waals surface area contributed by atoms with Crippen LogP contribution in [-0.2, 0) is 11.5 Å². The molecule has 0 saturated carbocycles. The average Bonchev–Trinajstić information content (AvgIpc) is 2.73. The normalized spacial score (nSPS) is 10.5. The number of aryl methyl sites for hydroxylation is 1. The van der Waals surface area contributed by atoms with Gasteiger partial charge in [-0.15, -0.1) is 0 Å². The summed E-state index contributed by atoms with van der Waals surface area (Å²) in [6.45, 7) is 2.15. The summed E-state index contributed by atoms with van der Waals surface area (Å²) < 4.78 is 5.44. The maximum absolute atomic E-state index is 12.3. The SMILES string of the molecule is CCCCc1ccc(C(=O)Oc2ccc(-c3ccc(C([O])=O)cc3)cc2)cc1. The minimum atomic E-state index is -1.20. The van der Waals surface area contributed by atoms with Gasteiger partial charge in [0.15, 0.2) is 0 Å². The van der Waals surface area contributed by atoms with E-state index in [2.05, 4.69) is 6.92 Å². The third-order valence-electron chi connectivity index (χ3n) is 4.53. The van der Waals surface area contributed by atoms with Crippen LogP contribution in [0.1, 0.15) is 46.0 Å². The summed E-state index contributed by atoms with van der Waals surface area (Å²) in [6, 6.07) is 21.0. The summed E-state index contributed by atoms with van der Waals surface area (Å²) >= 11 is 0. The van der Waals surface area contributed by atoms with Gasteiger partial charge >= 0.3 is 11.9 Å². The molecule has 141 valence electrons. The summed E-state index contributed by atoms with van der Waals surface area (Å²) in [5.74, 6) is -1.14. The lowest BCUT2D eigenvalue weighted by molar-refractivity contribution is 0.0572. The Morgan fingerprint density at radius 1 is 0.750 bits per heavy atom. The van der Waals surface area contributed by atoms with Crippen molar-refractivity contribution in [3.63, 3.8) is 0 Å². The van der Waals surface area contributed by atoms with Gasteiger partial charge in [-0.1, -0.05) is 49.7 Å². The highest BCUT2D eigenvalue weighted by molar-refractivity contribution is 5.91. The first kappa shape index (κ1) is 19.4. The highest BCUT2D eigenvalue weighted by Gasteiger charge is 2.09. The Labute approximate surface area is 164 Å². The first-order chi connectivity index (χ1) is 13.6. The van der Waals surface area contributed by atoms with Crippen molar-refractivity contribution >= 4 is 11.9 Å². The molecule has 0 aromatic heterocycles. The van der Waals surface area contributed by atoms with E-state index < -0.39 is 11.9 Å². The van der Waals surface area contributed by atoms with Crippen LogP contribution >= 0.6 is 0 Å². The molecule has 0 bridgehead atoms. The first-order valence-corrected chi connectivity index (χ1v) is 9.30. The molecule has 1 radical (unpaired) electrons. The molecule has 28 heavy (non-hydrogen) atoms. The summed E-state index contributed by atoms with van der Waals surface area (Å²) in [5.41, 5.74) is 3.63. The van der Waals surface area contributed by atoms with Crippen molar-refractivity contribution in [3.05, 3.63) is 89.5 Å². The highest BCUT2D eigenvalue weighted by Crippen LogP contribution is 2.23. The largest absolute Gasteiger partial charge is 0.423 e. The Morgan fingerprint density at radius 3 is 1.82 bits per heavy atom. The van der Waals surface area contributed by atoms with Crippen molar-refractivity contribution in [2.75, 3.05) is 0 Å². The van der Waals surface area contributed by atoms with Gasteiger partial charge in [0.25, 0.3) is 0 Å². The smallest absolute Gasteiger partial charge is 0.386 e. The lowest BCUT2D eigenvalue weighted by Crippen LogP contribution is -2.08. The molecule has 4 heteroatoms. The first-order valence-electron chi connectivity index (χ1n) is 9.30. The topological polar surface area (TPSA) is 63.3 Å². The molecular weight excluding hydrogens is 352 g/mol. The van der Waals surface area contributed by atoms with E-state index in [0.717, 1.165) is 30.4 Å². The molecule has 3 rings (SSSR count). The number of unbranched alkanes of at least 4 members (excludes halogenated alkanes) is 1. The molecule has 3 aromatic rings. The fourth-order valence-electron chi connectivity index (χ4n) is 2.87. The molecule has 3 aromatic carbocycles. The monoisotopic (exact) mass is 373 g/mol. The number of rotatable bonds is 7. The van der Waals surface area contributed by atoms with Gasteiger partial charge in [-0.2, -0.15) is 0 Å². The van der Waals surface area contributed by atoms with E-state index in [1.807, 2.05) is 24.3 Å². The Kier molecular flexibility index (Phi) is 6.22. The second kappa shape index (κ2) is 9.00. The zero-order valence-electron chi connectivity index (χ0n) is 15.7. The molecular formula is C24H21O4. The van der Waals surface area contributed by atoms with Crippen molar-refractivity contribution in [2.45, 2.75) is 26.2 Å². The minimum absolute atomic E-state index is 0.134. The van der Waals surface area contributed by atoms with Crippen LogP contribution in [0, 0.1) is 0 Å². The fraction of sp³-hybridized carbons (Fsp3) is 0.167. The zero-order valence-corrected chi connectivity index (χ0v) is 15.7. The molecule has 0 unspecified atom stereocenters. The van der Waals surface area contributed by atoms with Crippen molar-refractivity contribution in [3.8, 4) is 16.9 Å². The van der Waals surface area contributed by atoms with E-state index in [9.17, 15) is 14.7 Å². The summed E-state index contributed by atoms with van der Waals surface area (Å²) in [6.07, 6.45) is 3.28.